The fourth-order valence-corrected chi connectivity index (χ4v) is 3.51. The summed E-state index contributed by atoms with van der Waals surface area (Å²) in [5, 5.41) is 3.72. The molecule has 2 heterocycles. The molecule has 106 valence electrons. The first-order chi connectivity index (χ1) is 9.06. The zero-order chi connectivity index (χ0) is 13.6. The number of piperazine rings is 1. The number of nitrogens with zero attached hydrogens (tertiary/aromatic N) is 1. The van der Waals surface area contributed by atoms with E-state index in [-0.39, 0.29) is 0 Å². The Morgan fingerprint density at radius 2 is 2.11 bits per heavy atom. The van der Waals surface area contributed by atoms with Gasteiger partial charge in [-0.2, -0.15) is 0 Å². The molecule has 3 atom stereocenters. The predicted molar refractivity (Wildman–Crippen MR) is 77.3 cm³/mol. The van der Waals surface area contributed by atoms with Crippen LogP contribution in [0.5, 0.6) is 0 Å². The van der Waals surface area contributed by atoms with Gasteiger partial charge in [0, 0.05) is 36.8 Å². The predicted octanol–water partition coefficient (Wildman–Crippen LogP) is 3.03. The smallest absolute Gasteiger partial charge is 0.105 e. The molecule has 1 N–H and O–H groups in total. The van der Waals surface area contributed by atoms with Crippen LogP contribution in [0.1, 0.15) is 49.8 Å². The number of rotatable bonds is 3. The summed E-state index contributed by atoms with van der Waals surface area (Å²) >= 11 is 0. The van der Waals surface area contributed by atoms with Crippen LogP contribution in [-0.4, -0.2) is 30.1 Å². The second kappa shape index (κ2) is 4.95. The van der Waals surface area contributed by atoms with E-state index in [1.165, 1.54) is 24.9 Å². The van der Waals surface area contributed by atoms with Gasteiger partial charge in [0.2, 0.25) is 0 Å². The van der Waals surface area contributed by atoms with Gasteiger partial charge in [-0.25, -0.2) is 0 Å². The maximum Gasteiger partial charge on any atom is 0.105 e. The number of furan rings is 1. The summed E-state index contributed by atoms with van der Waals surface area (Å²) in [4.78, 5) is 2.65. The van der Waals surface area contributed by atoms with Crippen molar-refractivity contribution in [2.24, 2.45) is 5.92 Å². The summed E-state index contributed by atoms with van der Waals surface area (Å²) in [6.07, 6.45) is 2.83. The Morgan fingerprint density at radius 3 is 2.68 bits per heavy atom. The molecule has 0 spiro atoms. The third-order valence-corrected chi connectivity index (χ3v) is 4.87. The highest BCUT2D eigenvalue weighted by Gasteiger charge is 2.38. The Bertz CT molecular complexity index is 450. The van der Waals surface area contributed by atoms with Crippen molar-refractivity contribution in [3.05, 3.63) is 23.2 Å². The zero-order valence-corrected chi connectivity index (χ0v) is 12.6. The van der Waals surface area contributed by atoms with Gasteiger partial charge in [-0.1, -0.05) is 0 Å². The Balaban J connectivity index is 1.76. The quantitative estimate of drug-likeness (QED) is 0.907. The van der Waals surface area contributed by atoms with E-state index in [0.717, 1.165) is 24.0 Å². The monoisotopic (exact) mass is 262 g/mol. The number of hydrogen-bond acceptors (Lipinski definition) is 3. The van der Waals surface area contributed by atoms with Crippen molar-refractivity contribution < 1.29 is 4.42 Å². The molecule has 1 aliphatic heterocycles. The lowest BCUT2D eigenvalue weighted by Crippen LogP contribution is -2.56. The van der Waals surface area contributed by atoms with Gasteiger partial charge in [0.1, 0.15) is 11.5 Å². The lowest BCUT2D eigenvalue weighted by atomic mass is 10.00. The molecule has 3 heteroatoms. The molecule has 0 bridgehead atoms. The van der Waals surface area contributed by atoms with Crippen molar-refractivity contribution in [1.82, 2.24) is 10.2 Å². The SMILES string of the molecule is Cc1cc(C(C)N2CC(C3CC3)NCC2C)c(C)o1. The molecule has 1 saturated heterocycles. The molecule has 3 nitrogen and oxygen atoms in total. The Hall–Kier alpha value is -0.800. The molecule has 2 aliphatic rings. The molecule has 3 rings (SSSR count). The molecular weight excluding hydrogens is 236 g/mol. The zero-order valence-electron chi connectivity index (χ0n) is 12.6. The van der Waals surface area contributed by atoms with Crippen molar-refractivity contribution in [1.29, 1.82) is 0 Å². The van der Waals surface area contributed by atoms with E-state index in [9.17, 15) is 0 Å². The van der Waals surface area contributed by atoms with Gasteiger partial charge < -0.3 is 9.73 Å². The summed E-state index contributed by atoms with van der Waals surface area (Å²) in [5.41, 5.74) is 1.36. The van der Waals surface area contributed by atoms with Crippen LogP contribution in [0, 0.1) is 19.8 Å². The minimum atomic E-state index is 0.454. The highest BCUT2D eigenvalue weighted by Crippen LogP contribution is 2.36. The second-order valence-corrected chi connectivity index (χ2v) is 6.44. The van der Waals surface area contributed by atoms with Gasteiger partial charge in [0.15, 0.2) is 0 Å². The van der Waals surface area contributed by atoms with Gasteiger partial charge in [-0.3, -0.25) is 4.90 Å². The van der Waals surface area contributed by atoms with Gasteiger partial charge in [-0.05, 0) is 52.5 Å². The lowest BCUT2D eigenvalue weighted by Gasteiger charge is -2.42. The van der Waals surface area contributed by atoms with Crippen LogP contribution < -0.4 is 5.32 Å². The first-order valence-electron chi connectivity index (χ1n) is 7.62. The van der Waals surface area contributed by atoms with E-state index in [2.05, 4.69) is 37.1 Å². The first kappa shape index (κ1) is 13.2. The van der Waals surface area contributed by atoms with E-state index in [4.69, 9.17) is 4.42 Å². The van der Waals surface area contributed by atoms with Crippen LogP contribution in [0.3, 0.4) is 0 Å². The molecule has 3 unspecified atom stereocenters. The molecular formula is C16H26N2O. The van der Waals surface area contributed by atoms with Crippen LogP contribution in [0.25, 0.3) is 0 Å². The molecule has 2 fully saturated rings. The summed E-state index contributed by atoms with van der Waals surface area (Å²) in [7, 11) is 0. The standard InChI is InChI=1S/C16H26N2O/c1-10-8-17-16(14-5-6-14)9-18(10)12(3)15-7-11(2)19-13(15)4/h7,10,12,14,16-17H,5-6,8-9H2,1-4H3. The van der Waals surface area contributed by atoms with Crippen LogP contribution in [0.2, 0.25) is 0 Å². The third-order valence-electron chi connectivity index (χ3n) is 4.87. The second-order valence-electron chi connectivity index (χ2n) is 6.44. The fourth-order valence-electron chi connectivity index (χ4n) is 3.51. The molecule has 1 aromatic rings. The van der Waals surface area contributed by atoms with Gasteiger partial charge in [0.25, 0.3) is 0 Å². The van der Waals surface area contributed by atoms with Crippen LogP contribution in [-0.2, 0) is 0 Å². The number of hydrogen-bond donors (Lipinski definition) is 1. The van der Waals surface area contributed by atoms with Crippen LogP contribution in [0.4, 0.5) is 0 Å². The van der Waals surface area contributed by atoms with Crippen LogP contribution in [0.15, 0.2) is 10.5 Å². The molecule has 1 saturated carbocycles. The molecule has 1 aromatic heterocycles. The van der Waals surface area contributed by atoms with Gasteiger partial charge in [-0.15, -0.1) is 0 Å². The van der Waals surface area contributed by atoms with E-state index in [1.54, 1.807) is 0 Å². The highest BCUT2D eigenvalue weighted by atomic mass is 16.3. The number of aryl methyl sites for hydroxylation is 2. The Kier molecular flexibility index (Phi) is 3.44. The average molecular weight is 262 g/mol. The maximum atomic E-state index is 5.71. The van der Waals surface area contributed by atoms with Crippen molar-refractivity contribution in [3.8, 4) is 0 Å². The topological polar surface area (TPSA) is 28.4 Å². The van der Waals surface area contributed by atoms with E-state index >= 15 is 0 Å². The summed E-state index contributed by atoms with van der Waals surface area (Å²) < 4.78 is 5.71. The summed E-state index contributed by atoms with van der Waals surface area (Å²) in [6, 6.07) is 3.96. The normalized spacial score (nSPS) is 30.5. The highest BCUT2D eigenvalue weighted by molar-refractivity contribution is 5.24. The van der Waals surface area contributed by atoms with Crippen molar-refractivity contribution in [2.45, 2.75) is 58.7 Å². The van der Waals surface area contributed by atoms with E-state index in [0.29, 0.717) is 18.1 Å². The van der Waals surface area contributed by atoms with Crippen molar-refractivity contribution in [3.63, 3.8) is 0 Å². The van der Waals surface area contributed by atoms with Crippen molar-refractivity contribution in [2.75, 3.05) is 13.1 Å². The van der Waals surface area contributed by atoms with Crippen LogP contribution >= 0.6 is 0 Å². The van der Waals surface area contributed by atoms with Crippen molar-refractivity contribution >= 4 is 0 Å². The van der Waals surface area contributed by atoms with Gasteiger partial charge in [0.05, 0.1) is 0 Å². The minimum Gasteiger partial charge on any atom is -0.466 e. The first-order valence-corrected chi connectivity index (χ1v) is 7.62. The molecule has 1 aliphatic carbocycles. The molecule has 0 aromatic carbocycles. The van der Waals surface area contributed by atoms with E-state index < -0.39 is 0 Å². The molecule has 0 amide bonds. The molecule has 0 radical (unpaired) electrons. The van der Waals surface area contributed by atoms with Gasteiger partial charge >= 0.3 is 0 Å². The average Bonchev–Trinajstić information content (AvgIpc) is 3.15. The van der Waals surface area contributed by atoms with E-state index in [1.807, 2.05) is 6.92 Å². The minimum absolute atomic E-state index is 0.454. The molecule has 19 heavy (non-hydrogen) atoms. The number of nitrogens with one attached hydrogen (secondary N) is 1. The fraction of sp³-hybridized carbons (Fsp3) is 0.750. The maximum absolute atomic E-state index is 5.71. The third kappa shape index (κ3) is 2.59. The summed E-state index contributed by atoms with van der Waals surface area (Å²) in [5.74, 6) is 3.04. The Morgan fingerprint density at radius 1 is 1.37 bits per heavy atom. The largest absolute Gasteiger partial charge is 0.466 e. The Labute approximate surface area is 116 Å². The summed E-state index contributed by atoms with van der Waals surface area (Å²) in [6.45, 7) is 11.1. The lowest BCUT2D eigenvalue weighted by molar-refractivity contribution is 0.0918.